The molecule has 0 bridgehead atoms. The first-order valence-corrected chi connectivity index (χ1v) is 8.37. The Balaban J connectivity index is 1.85. The Morgan fingerprint density at radius 1 is 1.35 bits per heavy atom. The topological polar surface area (TPSA) is 107 Å². The first-order valence-electron chi connectivity index (χ1n) is 8.37. The van der Waals surface area contributed by atoms with Crippen molar-refractivity contribution < 1.29 is 9.90 Å². The van der Waals surface area contributed by atoms with Crippen LogP contribution in [0.2, 0.25) is 0 Å². The molecule has 3 rings (SSSR count). The molecule has 4 N–H and O–H groups in total. The number of nitrogens with one attached hydrogen (secondary N) is 1. The predicted octanol–water partition coefficient (Wildman–Crippen LogP) is 2.80. The number of anilines is 4. The number of aromatic nitrogens is 1. The van der Waals surface area contributed by atoms with Crippen molar-refractivity contribution in [1.29, 1.82) is 0 Å². The SMILES string of the molecule is CCN(C(=O)O)c1cc2c(c(N)n1)N=C(CN(C)c1ccccc1)CN2. The second-order valence-corrected chi connectivity index (χ2v) is 6.01. The number of benzene rings is 1. The van der Waals surface area contributed by atoms with Gasteiger partial charge < -0.3 is 21.1 Å². The number of hydrogen-bond donors (Lipinski definition) is 3. The van der Waals surface area contributed by atoms with Crippen LogP contribution in [0.1, 0.15) is 6.92 Å². The number of nitrogen functional groups attached to an aromatic ring is 1. The maximum Gasteiger partial charge on any atom is 0.413 e. The molecule has 0 saturated heterocycles. The zero-order valence-corrected chi connectivity index (χ0v) is 14.8. The van der Waals surface area contributed by atoms with E-state index in [0.717, 1.165) is 16.3 Å². The lowest BCUT2D eigenvalue weighted by molar-refractivity contribution is 0.202. The summed E-state index contributed by atoms with van der Waals surface area (Å²) >= 11 is 0. The van der Waals surface area contributed by atoms with Crippen LogP contribution in [0.25, 0.3) is 0 Å². The van der Waals surface area contributed by atoms with Crippen LogP contribution in [0.5, 0.6) is 0 Å². The summed E-state index contributed by atoms with van der Waals surface area (Å²) in [6, 6.07) is 11.7. The third-order valence-electron chi connectivity index (χ3n) is 4.20. The summed E-state index contributed by atoms with van der Waals surface area (Å²) in [5, 5.41) is 12.5. The number of carboxylic acid groups (broad SMARTS) is 1. The van der Waals surface area contributed by atoms with Crippen LogP contribution in [0, 0.1) is 0 Å². The van der Waals surface area contributed by atoms with Gasteiger partial charge in [0.15, 0.2) is 5.82 Å². The number of amides is 1. The molecule has 1 aromatic heterocycles. The Morgan fingerprint density at radius 2 is 2.08 bits per heavy atom. The van der Waals surface area contributed by atoms with Crippen LogP contribution in [-0.2, 0) is 0 Å². The van der Waals surface area contributed by atoms with Crippen LogP contribution in [0.3, 0.4) is 0 Å². The van der Waals surface area contributed by atoms with Crippen molar-refractivity contribution in [2.75, 3.05) is 47.5 Å². The minimum absolute atomic E-state index is 0.212. The smallest absolute Gasteiger partial charge is 0.413 e. The fourth-order valence-electron chi connectivity index (χ4n) is 2.86. The fraction of sp³-hybridized carbons (Fsp3) is 0.278. The lowest BCUT2D eigenvalue weighted by Crippen LogP contribution is -2.32. The first kappa shape index (κ1) is 17.5. The molecular formula is C18H22N6O2. The van der Waals surface area contributed by atoms with Crippen LogP contribution in [-0.4, -0.2) is 48.6 Å². The van der Waals surface area contributed by atoms with E-state index < -0.39 is 6.09 Å². The molecule has 0 radical (unpaired) electrons. The van der Waals surface area contributed by atoms with Crippen molar-refractivity contribution in [3.63, 3.8) is 0 Å². The molecule has 8 nitrogen and oxygen atoms in total. The standard InChI is InChI=1S/C18H22N6O2/c1-3-24(18(25)26)15-9-14-16(17(19)22-15)21-12(10-20-14)11-23(2)13-7-5-4-6-8-13/h4-9,20H,3,10-11H2,1-2H3,(H2,19,22)(H,25,26). The molecule has 1 aliphatic rings. The Labute approximate surface area is 152 Å². The average molecular weight is 354 g/mol. The van der Waals surface area contributed by atoms with Gasteiger partial charge in [0.2, 0.25) is 0 Å². The molecule has 0 aliphatic carbocycles. The van der Waals surface area contributed by atoms with E-state index >= 15 is 0 Å². The van der Waals surface area contributed by atoms with Crippen LogP contribution >= 0.6 is 0 Å². The Hall–Kier alpha value is -3.29. The van der Waals surface area contributed by atoms with Gasteiger partial charge in [0, 0.05) is 25.3 Å². The number of hydrogen-bond acceptors (Lipinski definition) is 6. The molecule has 8 heteroatoms. The van der Waals surface area contributed by atoms with Gasteiger partial charge in [-0.3, -0.25) is 4.90 Å². The van der Waals surface area contributed by atoms with Gasteiger partial charge in [-0.25, -0.2) is 14.8 Å². The molecule has 1 aromatic carbocycles. The molecule has 1 aliphatic heterocycles. The van der Waals surface area contributed by atoms with Gasteiger partial charge in [-0.2, -0.15) is 0 Å². The van der Waals surface area contributed by atoms with Crippen molar-refractivity contribution in [3.05, 3.63) is 36.4 Å². The van der Waals surface area contributed by atoms with Crippen LogP contribution in [0.15, 0.2) is 41.4 Å². The van der Waals surface area contributed by atoms with Crippen molar-refractivity contribution in [3.8, 4) is 0 Å². The van der Waals surface area contributed by atoms with E-state index in [0.29, 0.717) is 30.3 Å². The van der Waals surface area contributed by atoms with Gasteiger partial charge in [0.1, 0.15) is 11.5 Å². The number of fused-ring (bicyclic) bond motifs is 1. The highest BCUT2D eigenvalue weighted by molar-refractivity contribution is 6.00. The van der Waals surface area contributed by atoms with Gasteiger partial charge in [-0.05, 0) is 19.1 Å². The molecule has 0 saturated carbocycles. The lowest BCUT2D eigenvalue weighted by atomic mass is 10.2. The lowest BCUT2D eigenvalue weighted by Gasteiger charge is -2.25. The number of para-hydroxylation sites is 1. The second-order valence-electron chi connectivity index (χ2n) is 6.01. The molecule has 0 unspecified atom stereocenters. The summed E-state index contributed by atoms with van der Waals surface area (Å²) in [5.41, 5.74) is 9.32. The molecule has 1 amide bonds. The maximum absolute atomic E-state index is 11.3. The summed E-state index contributed by atoms with van der Waals surface area (Å²) in [5.74, 6) is 0.507. The maximum atomic E-state index is 11.3. The van der Waals surface area contributed by atoms with Crippen molar-refractivity contribution in [2.24, 2.45) is 4.99 Å². The third kappa shape index (κ3) is 3.53. The van der Waals surface area contributed by atoms with Crippen molar-refractivity contribution in [1.82, 2.24) is 4.98 Å². The van der Waals surface area contributed by atoms with E-state index in [1.54, 1.807) is 13.0 Å². The molecule has 2 aromatic rings. The summed E-state index contributed by atoms with van der Waals surface area (Å²) in [4.78, 5) is 23.4. The Morgan fingerprint density at radius 3 is 2.73 bits per heavy atom. The van der Waals surface area contributed by atoms with E-state index in [-0.39, 0.29) is 12.4 Å². The number of rotatable bonds is 5. The summed E-state index contributed by atoms with van der Waals surface area (Å²) in [6.45, 7) is 3.24. The van der Waals surface area contributed by atoms with Gasteiger partial charge in [-0.15, -0.1) is 0 Å². The van der Waals surface area contributed by atoms with E-state index in [1.165, 1.54) is 0 Å². The normalized spacial score (nSPS) is 12.6. The number of pyridine rings is 1. The highest BCUT2D eigenvalue weighted by Gasteiger charge is 2.21. The van der Waals surface area contributed by atoms with Gasteiger partial charge >= 0.3 is 6.09 Å². The third-order valence-corrected chi connectivity index (χ3v) is 4.20. The summed E-state index contributed by atoms with van der Waals surface area (Å²) < 4.78 is 0. The number of carbonyl (C=O) groups is 1. The van der Waals surface area contributed by atoms with Gasteiger partial charge in [-0.1, -0.05) is 18.2 Å². The highest BCUT2D eigenvalue weighted by atomic mass is 16.4. The summed E-state index contributed by atoms with van der Waals surface area (Å²) in [7, 11) is 2.00. The van der Waals surface area contributed by atoms with E-state index in [9.17, 15) is 9.90 Å². The second kappa shape index (κ2) is 7.30. The van der Waals surface area contributed by atoms with E-state index in [4.69, 9.17) is 5.73 Å². The van der Waals surface area contributed by atoms with E-state index in [1.807, 2.05) is 37.4 Å². The zero-order chi connectivity index (χ0) is 18.7. The molecule has 0 atom stereocenters. The predicted molar refractivity (Wildman–Crippen MR) is 105 cm³/mol. The molecular weight excluding hydrogens is 332 g/mol. The quantitative estimate of drug-likeness (QED) is 0.762. The largest absolute Gasteiger partial charge is 0.465 e. The van der Waals surface area contributed by atoms with Crippen LogP contribution < -0.4 is 20.9 Å². The molecule has 0 spiro atoms. The average Bonchev–Trinajstić information content (AvgIpc) is 2.63. The van der Waals surface area contributed by atoms with Crippen molar-refractivity contribution in [2.45, 2.75) is 6.92 Å². The first-order chi connectivity index (χ1) is 12.5. The monoisotopic (exact) mass is 354 g/mol. The fourth-order valence-corrected chi connectivity index (χ4v) is 2.86. The Kier molecular flexibility index (Phi) is 4.92. The molecule has 136 valence electrons. The summed E-state index contributed by atoms with van der Waals surface area (Å²) in [6.07, 6.45) is -1.07. The number of aliphatic imine (C=N–C) groups is 1. The molecule has 26 heavy (non-hydrogen) atoms. The van der Waals surface area contributed by atoms with Crippen molar-refractivity contribution >= 4 is 40.5 Å². The number of nitrogens with two attached hydrogens (primary N) is 1. The van der Waals surface area contributed by atoms with E-state index in [2.05, 4.69) is 20.2 Å². The molecule has 0 fully saturated rings. The van der Waals surface area contributed by atoms with Gasteiger partial charge in [0.05, 0.1) is 24.5 Å². The highest BCUT2D eigenvalue weighted by Crippen LogP contribution is 2.36. The minimum Gasteiger partial charge on any atom is -0.465 e. The zero-order valence-electron chi connectivity index (χ0n) is 14.8. The minimum atomic E-state index is -1.07. The molecule has 2 heterocycles. The Bertz CT molecular complexity index is 837. The number of nitrogens with zero attached hydrogens (tertiary/aromatic N) is 4. The van der Waals surface area contributed by atoms with Crippen LogP contribution in [0.4, 0.5) is 33.5 Å². The van der Waals surface area contributed by atoms with Gasteiger partial charge in [0.25, 0.3) is 0 Å².